The summed E-state index contributed by atoms with van der Waals surface area (Å²) in [4.78, 5) is 4.80. The predicted molar refractivity (Wildman–Crippen MR) is 94.9 cm³/mol. The van der Waals surface area contributed by atoms with Crippen molar-refractivity contribution in [2.24, 2.45) is 0 Å². The zero-order valence-electron chi connectivity index (χ0n) is 12.1. The highest BCUT2D eigenvalue weighted by molar-refractivity contribution is 7.11. The molecule has 0 fully saturated rings. The van der Waals surface area contributed by atoms with Crippen LogP contribution in [0, 0.1) is 0 Å². The second-order valence-corrected chi connectivity index (χ2v) is 7.01. The number of rotatable bonds is 5. The number of benzene rings is 1. The number of hydrogen-bond donors (Lipinski definition) is 1. The third-order valence-corrected chi connectivity index (χ3v) is 5.20. The molecule has 0 spiro atoms. The molecule has 0 aliphatic rings. The molecule has 0 unspecified atom stereocenters. The molecule has 0 aliphatic heterocycles. The molecule has 2 nitrogen and oxygen atoms in total. The summed E-state index contributed by atoms with van der Waals surface area (Å²) < 4.78 is 0. The van der Waals surface area contributed by atoms with Crippen LogP contribution in [0.5, 0.6) is 0 Å². The van der Waals surface area contributed by atoms with Crippen LogP contribution in [0.15, 0.2) is 59.3 Å². The third-order valence-electron chi connectivity index (χ3n) is 3.33. The van der Waals surface area contributed by atoms with Crippen molar-refractivity contribution in [1.29, 1.82) is 0 Å². The second-order valence-electron chi connectivity index (χ2n) is 5.05. The van der Waals surface area contributed by atoms with E-state index in [4.69, 9.17) is 0 Å². The highest BCUT2D eigenvalue weighted by Gasteiger charge is 2.16. The van der Waals surface area contributed by atoms with Gasteiger partial charge in [0.15, 0.2) is 0 Å². The van der Waals surface area contributed by atoms with E-state index in [1.165, 1.54) is 15.4 Å². The standard InChI is InChI=1S/C17H18N2S2/c1-19(2)14-7-3-6-13(12-14)18-17(15-8-4-10-20-15)16-9-5-11-21-16/h3-12,17-18H,1-2H3. The van der Waals surface area contributed by atoms with Crippen LogP contribution in [0.3, 0.4) is 0 Å². The van der Waals surface area contributed by atoms with Crippen LogP contribution < -0.4 is 10.2 Å². The van der Waals surface area contributed by atoms with E-state index in [1.54, 1.807) is 22.7 Å². The Labute approximate surface area is 133 Å². The summed E-state index contributed by atoms with van der Waals surface area (Å²) >= 11 is 3.59. The molecular formula is C17H18N2S2. The molecule has 0 bridgehead atoms. The Kier molecular flexibility index (Phi) is 4.27. The van der Waals surface area contributed by atoms with Crippen LogP contribution in [-0.4, -0.2) is 14.1 Å². The zero-order valence-corrected chi connectivity index (χ0v) is 13.7. The average Bonchev–Trinajstić information content (AvgIpc) is 3.18. The van der Waals surface area contributed by atoms with Gasteiger partial charge in [-0.1, -0.05) is 18.2 Å². The molecule has 2 heterocycles. The topological polar surface area (TPSA) is 15.3 Å². The first kappa shape index (κ1) is 14.2. The molecule has 1 N–H and O–H groups in total. The van der Waals surface area contributed by atoms with Crippen molar-refractivity contribution in [2.75, 3.05) is 24.3 Å². The van der Waals surface area contributed by atoms with Crippen molar-refractivity contribution < 1.29 is 0 Å². The van der Waals surface area contributed by atoms with Gasteiger partial charge in [0, 0.05) is 35.2 Å². The van der Waals surface area contributed by atoms with Gasteiger partial charge in [-0.3, -0.25) is 0 Å². The summed E-state index contributed by atoms with van der Waals surface area (Å²) in [5.41, 5.74) is 2.35. The van der Waals surface area contributed by atoms with Gasteiger partial charge >= 0.3 is 0 Å². The van der Waals surface area contributed by atoms with Gasteiger partial charge in [-0.05, 0) is 41.1 Å². The first-order chi connectivity index (χ1) is 10.2. The molecule has 4 heteroatoms. The molecule has 0 saturated heterocycles. The van der Waals surface area contributed by atoms with Crippen LogP contribution in [0.1, 0.15) is 15.8 Å². The maximum atomic E-state index is 3.67. The van der Waals surface area contributed by atoms with Crippen LogP contribution in [0.2, 0.25) is 0 Å². The summed E-state index contributed by atoms with van der Waals surface area (Å²) in [6.07, 6.45) is 0. The van der Waals surface area contributed by atoms with E-state index in [-0.39, 0.29) is 6.04 Å². The van der Waals surface area contributed by atoms with Gasteiger partial charge < -0.3 is 10.2 Å². The Morgan fingerprint density at radius 3 is 2.10 bits per heavy atom. The van der Waals surface area contributed by atoms with E-state index in [9.17, 15) is 0 Å². The number of thiophene rings is 2. The van der Waals surface area contributed by atoms with Crippen LogP contribution >= 0.6 is 22.7 Å². The molecule has 3 aromatic rings. The largest absolute Gasteiger partial charge is 0.378 e. The number of anilines is 2. The average molecular weight is 314 g/mol. The molecule has 0 saturated carbocycles. The summed E-state index contributed by atoms with van der Waals surface area (Å²) in [5.74, 6) is 0. The summed E-state index contributed by atoms with van der Waals surface area (Å²) in [6, 6.07) is 17.4. The molecule has 0 atom stereocenters. The third kappa shape index (κ3) is 3.28. The molecule has 2 aromatic heterocycles. The van der Waals surface area contributed by atoms with E-state index in [0.29, 0.717) is 0 Å². The molecule has 0 amide bonds. The van der Waals surface area contributed by atoms with Crippen LogP contribution in [0.4, 0.5) is 11.4 Å². The van der Waals surface area contributed by atoms with E-state index >= 15 is 0 Å². The maximum Gasteiger partial charge on any atom is 0.0953 e. The SMILES string of the molecule is CN(C)c1cccc(NC(c2cccs2)c2cccs2)c1. The number of hydrogen-bond acceptors (Lipinski definition) is 4. The van der Waals surface area contributed by atoms with Crippen LogP contribution in [0.25, 0.3) is 0 Å². The fourth-order valence-corrected chi connectivity index (χ4v) is 3.90. The van der Waals surface area contributed by atoms with Gasteiger partial charge in [0.2, 0.25) is 0 Å². The van der Waals surface area contributed by atoms with Gasteiger partial charge in [-0.15, -0.1) is 22.7 Å². The first-order valence-corrected chi connectivity index (χ1v) is 8.61. The van der Waals surface area contributed by atoms with Crippen molar-refractivity contribution in [2.45, 2.75) is 6.04 Å². The van der Waals surface area contributed by atoms with Gasteiger partial charge in [0.1, 0.15) is 0 Å². The fourth-order valence-electron chi connectivity index (χ4n) is 2.23. The van der Waals surface area contributed by atoms with Crippen molar-refractivity contribution in [3.8, 4) is 0 Å². The Morgan fingerprint density at radius 1 is 0.905 bits per heavy atom. The molecule has 0 aliphatic carbocycles. The van der Waals surface area contributed by atoms with Gasteiger partial charge in [-0.25, -0.2) is 0 Å². The lowest BCUT2D eigenvalue weighted by Crippen LogP contribution is -2.11. The zero-order chi connectivity index (χ0) is 14.7. The van der Waals surface area contributed by atoms with Crippen LogP contribution in [-0.2, 0) is 0 Å². The fraction of sp³-hybridized carbons (Fsp3) is 0.176. The Balaban J connectivity index is 1.90. The Bertz CT molecular complexity index is 638. The summed E-state index contributed by atoms with van der Waals surface area (Å²) in [5, 5.41) is 7.94. The lowest BCUT2D eigenvalue weighted by molar-refractivity contribution is 0.991. The van der Waals surface area contributed by atoms with E-state index in [0.717, 1.165) is 5.69 Å². The predicted octanol–water partition coefficient (Wildman–Crippen LogP) is 5.08. The molecule has 3 rings (SSSR count). The van der Waals surface area contributed by atoms with E-state index < -0.39 is 0 Å². The van der Waals surface area contributed by atoms with Crippen molar-refractivity contribution in [3.05, 3.63) is 69.0 Å². The summed E-state index contributed by atoms with van der Waals surface area (Å²) in [6.45, 7) is 0. The number of nitrogens with one attached hydrogen (secondary N) is 1. The quantitative estimate of drug-likeness (QED) is 0.706. The van der Waals surface area contributed by atoms with Crippen molar-refractivity contribution in [3.63, 3.8) is 0 Å². The first-order valence-electron chi connectivity index (χ1n) is 6.85. The highest BCUT2D eigenvalue weighted by atomic mass is 32.1. The van der Waals surface area contributed by atoms with Gasteiger partial charge in [0.05, 0.1) is 6.04 Å². The van der Waals surface area contributed by atoms with Crippen molar-refractivity contribution >= 4 is 34.0 Å². The second kappa shape index (κ2) is 6.33. The molecule has 1 aromatic carbocycles. The Morgan fingerprint density at radius 2 is 1.57 bits per heavy atom. The molecule has 0 radical (unpaired) electrons. The minimum absolute atomic E-state index is 0.224. The van der Waals surface area contributed by atoms with E-state index in [2.05, 4.69) is 83.6 Å². The molecule has 108 valence electrons. The van der Waals surface area contributed by atoms with Gasteiger partial charge in [-0.2, -0.15) is 0 Å². The normalized spacial score (nSPS) is 10.8. The highest BCUT2D eigenvalue weighted by Crippen LogP contribution is 2.33. The lowest BCUT2D eigenvalue weighted by Gasteiger charge is -2.19. The molecule has 21 heavy (non-hydrogen) atoms. The van der Waals surface area contributed by atoms with E-state index in [1.807, 2.05) is 0 Å². The summed E-state index contributed by atoms with van der Waals surface area (Å²) in [7, 11) is 4.13. The van der Waals surface area contributed by atoms with Crippen molar-refractivity contribution in [1.82, 2.24) is 0 Å². The monoisotopic (exact) mass is 314 g/mol. The minimum Gasteiger partial charge on any atom is -0.378 e. The molecular weight excluding hydrogens is 296 g/mol. The minimum atomic E-state index is 0.224. The number of nitrogens with zero attached hydrogens (tertiary/aromatic N) is 1. The Hall–Kier alpha value is -1.78. The maximum absolute atomic E-state index is 3.67. The smallest absolute Gasteiger partial charge is 0.0953 e. The van der Waals surface area contributed by atoms with Gasteiger partial charge in [0.25, 0.3) is 0 Å². The lowest BCUT2D eigenvalue weighted by atomic mass is 10.1.